The fourth-order valence-electron chi connectivity index (χ4n) is 2.98. The molecule has 4 rings (SSSR count). The molecule has 2 N–H and O–H groups in total. The molecule has 1 aliphatic rings. The first-order valence-electron chi connectivity index (χ1n) is 7.45. The van der Waals surface area contributed by atoms with E-state index in [2.05, 4.69) is 36.3 Å². The largest absolute Gasteiger partial charge is 0.298 e. The molecule has 0 aliphatic carbocycles. The molecule has 0 spiro atoms. The lowest BCUT2D eigenvalue weighted by molar-refractivity contribution is 0.219. The lowest BCUT2D eigenvalue weighted by atomic mass is 10.1. The molecule has 0 bridgehead atoms. The summed E-state index contributed by atoms with van der Waals surface area (Å²) in [5.74, 6) is 0. The van der Waals surface area contributed by atoms with Gasteiger partial charge in [0.05, 0.1) is 23.8 Å². The van der Waals surface area contributed by atoms with Crippen LogP contribution in [-0.4, -0.2) is 43.4 Å². The van der Waals surface area contributed by atoms with E-state index in [-0.39, 0.29) is 0 Å². The number of nitrogens with zero attached hydrogens (tertiary/aromatic N) is 4. The summed E-state index contributed by atoms with van der Waals surface area (Å²) in [7, 11) is 0. The van der Waals surface area contributed by atoms with Crippen molar-refractivity contribution in [1.82, 2.24) is 30.3 Å². The van der Waals surface area contributed by atoms with Gasteiger partial charge in [0, 0.05) is 23.7 Å². The van der Waals surface area contributed by atoms with E-state index in [0.29, 0.717) is 0 Å². The van der Waals surface area contributed by atoms with Gasteiger partial charge in [-0.05, 0) is 32.0 Å². The minimum absolute atomic E-state index is 0.925. The molecule has 3 aromatic rings. The number of piperidine rings is 1. The second-order valence-electron chi connectivity index (χ2n) is 5.61. The first kappa shape index (κ1) is 12.5. The van der Waals surface area contributed by atoms with E-state index < -0.39 is 0 Å². The predicted molar refractivity (Wildman–Crippen MR) is 80.6 cm³/mol. The Hall–Kier alpha value is -2.21. The van der Waals surface area contributed by atoms with Crippen LogP contribution in [0.2, 0.25) is 0 Å². The maximum Gasteiger partial charge on any atom is 0.111 e. The van der Waals surface area contributed by atoms with Crippen molar-refractivity contribution in [3.63, 3.8) is 0 Å². The molecule has 0 radical (unpaired) electrons. The van der Waals surface area contributed by atoms with E-state index in [9.17, 15) is 0 Å². The summed E-state index contributed by atoms with van der Waals surface area (Å²) < 4.78 is 0. The van der Waals surface area contributed by atoms with E-state index in [1.807, 2.05) is 12.4 Å². The molecule has 0 saturated carbocycles. The number of hydrogen-bond donors (Lipinski definition) is 2. The fraction of sp³-hybridized carbons (Fsp3) is 0.400. The van der Waals surface area contributed by atoms with Crippen LogP contribution in [0.3, 0.4) is 0 Å². The van der Waals surface area contributed by atoms with Crippen molar-refractivity contribution in [1.29, 1.82) is 0 Å². The molecule has 1 saturated heterocycles. The lowest BCUT2D eigenvalue weighted by Crippen LogP contribution is -2.29. The van der Waals surface area contributed by atoms with Gasteiger partial charge in [0.2, 0.25) is 0 Å². The molecule has 1 fully saturated rings. The topological polar surface area (TPSA) is 73.5 Å². The van der Waals surface area contributed by atoms with Gasteiger partial charge < -0.3 is 0 Å². The molecule has 4 heterocycles. The minimum atomic E-state index is 0.925. The summed E-state index contributed by atoms with van der Waals surface area (Å²) in [6.07, 6.45) is 9.43. The van der Waals surface area contributed by atoms with Crippen molar-refractivity contribution in [3.05, 3.63) is 30.4 Å². The van der Waals surface area contributed by atoms with Crippen molar-refractivity contribution >= 4 is 10.9 Å². The molecule has 1 aliphatic heterocycles. The van der Waals surface area contributed by atoms with Crippen molar-refractivity contribution in [2.45, 2.75) is 25.8 Å². The minimum Gasteiger partial charge on any atom is -0.298 e. The molecule has 0 aromatic carbocycles. The van der Waals surface area contributed by atoms with Crippen LogP contribution in [0.5, 0.6) is 0 Å². The second-order valence-corrected chi connectivity index (χ2v) is 5.61. The van der Waals surface area contributed by atoms with Gasteiger partial charge in [-0.3, -0.25) is 20.1 Å². The molecule has 21 heavy (non-hydrogen) atoms. The number of hydrogen-bond acceptors (Lipinski definition) is 4. The first-order chi connectivity index (χ1) is 10.4. The zero-order valence-corrected chi connectivity index (χ0v) is 11.8. The summed E-state index contributed by atoms with van der Waals surface area (Å²) in [5, 5.41) is 15.5. The molecule has 0 unspecified atom stereocenters. The van der Waals surface area contributed by atoms with Crippen LogP contribution < -0.4 is 0 Å². The SMILES string of the molecule is c1n[nH]cc1-c1cc2c(CN3CCCCC3)[nH]nc2cn1. The van der Waals surface area contributed by atoms with Gasteiger partial charge >= 0.3 is 0 Å². The average Bonchev–Trinajstić information content (AvgIpc) is 3.18. The van der Waals surface area contributed by atoms with Crippen LogP contribution in [0, 0.1) is 0 Å². The molecular formula is C15H18N6. The predicted octanol–water partition coefficient (Wildman–Crippen LogP) is 2.33. The molecule has 0 atom stereocenters. The molecule has 6 heteroatoms. The Kier molecular flexibility index (Phi) is 3.16. The molecule has 0 amide bonds. The van der Waals surface area contributed by atoms with Crippen LogP contribution in [0.15, 0.2) is 24.7 Å². The van der Waals surface area contributed by atoms with Crippen LogP contribution in [0.1, 0.15) is 25.0 Å². The second kappa shape index (κ2) is 5.29. The number of aromatic amines is 2. The number of likely N-dealkylation sites (tertiary alicyclic amines) is 1. The highest BCUT2D eigenvalue weighted by molar-refractivity contribution is 5.84. The Morgan fingerprint density at radius 2 is 2.05 bits per heavy atom. The number of pyridine rings is 1. The summed E-state index contributed by atoms with van der Waals surface area (Å²) >= 11 is 0. The van der Waals surface area contributed by atoms with Crippen LogP contribution >= 0.6 is 0 Å². The normalized spacial score (nSPS) is 16.6. The number of nitrogens with one attached hydrogen (secondary N) is 2. The summed E-state index contributed by atoms with van der Waals surface area (Å²) in [6.45, 7) is 3.30. The smallest absolute Gasteiger partial charge is 0.111 e. The van der Waals surface area contributed by atoms with Crippen molar-refractivity contribution in [2.75, 3.05) is 13.1 Å². The lowest BCUT2D eigenvalue weighted by Gasteiger charge is -2.25. The standard InChI is InChI=1S/C15H18N6/c1-2-4-21(5-3-1)10-15-12-6-13(11-7-17-18-8-11)16-9-14(12)19-20-15/h6-9H,1-5,10H2,(H,17,18)(H,19,20). The average molecular weight is 282 g/mol. The zero-order chi connectivity index (χ0) is 14.1. The summed E-state index contributed by atoms with van der Waals surface area (Å²) in [5.41, 5.74) is 4.04. The molecular weight excluding hydrogens is 264 g/mol. The zero-order valence-electron chi connectivity index (χ0n) is 11.8. The Balaban J connectivity index is 1.67. The number of H-pyrrole nitrogens is 2. The van der Waals surface area contributed by atoms with Gasteiger partial charge in [-0.2, -0.15) is 10.2 Å². The van der Waals surface area contributed by atoms with Gasteiger partial charge in [0.25, 0.3) is 0 Å². The quantitative estimate of drug-likeness (QED) is 0.773. The van der Waals surface area contributed by atoms with E-state index in [1.54, 1.807) is 6.20 Å². The third kappa shape index (κ3) is 2.42. The monoisotopic (exact) mass is 282 g/mol. The highest BCUT2D eigenvalue weighted by atomic mass is 15.2. The highest BCUT2D eigenvalue weighted by Gasteiger charge is 2.14. The Morgan fingerprint density at radius 3 is 2.86 bits per heavy atom. The fourth-order valence-corrected chi connectivity index (χ4v) is 2.98. The Bertz CT molecular complexity index is 724. The van der Waals surface area contributed by atoms with Crippen LogP contribution in [-0.2, 0) is 6.54 Å². The van der Waals surface area contributed by atoms with E-state index in [1.165, 1.54) is 38.0 Å². The summed E-state index contributed by atoms with van der Waals surface area (Å²) in [4.78, 5) is 6.95. The van der Waals surface area contributed by atoms with Gasteiger partial charge in [0.15, 0.2) is 0 Å². The van der Waals surface area contributed by atoms with Crippen molar-refractivity contribution in [3.8, 4) is 11.3 Å². The van der Waals surface area contributed by atoms with E-state index >= 15 is 0 Å². The van der Waals surface area contributed by atoms with Crippen molar-refractivity contribution in [2.24, 2.45) is 0 Å². The van der Waals surface area contributed by atoms with E-state index in [0.717, 1.165) is 28.7 Å². The third-order valence-electron chi connectivity index (χ3n) is 4.14. The van der Waals surface area contributed by atoms with E-state index in [4.69, 9.17) is 0 Å². The van der Waals surface area contributed by atoms with Crippen LogP contribution in [0.4, 0.5) is 0 Å². The maximum atomic E-state index is 4.45. The first-order valence-corrected chi connectivity index (χ1v) is 7.45. The Labute approximate surface area is 122 Å². The number of fused-ring (bicyclic) bond motifs is 1. The van der Waals surface area contributed by atoms with Gasteiger partial charge in [-0.15, -0.1) is 0 Å². The van der Waals surface area contributed by atoms with Gasteiger partial charge in [0.1, 0.15) is 5.52 Å². The highest BCUT2D eigenvalue weighted by Crippen LogP contribution is 2.23. The molecule has 3 aromatic heterocycles. The Morgan fingerprint density at radius 1 is 1.14 bits per heavy atom. The molecule has 108 valence electrons. The maximum absolute atomic E-state index is 4.45. The van der Waals surface area contributed by atoms with Gasteiger partial charge in [-0.25, -0.2) is 0 Å². The van der Waals surface area contributed by atoms with Gasteiger partial charge in [-0.1, -0.05) is 6.42 Å². The third-order valence-corrected chi connectivity index (χ3v) is 4.14. The van der Waals surface area contributed by atoms with Crippen LogP contribution in [0.25, 0.3) is 22.2 Å². The number of aromatic nitrogens is 5. The summed E-state index contributed by atoms with van der Waals surface area (Å²) in [6, 6.07) is 2.10. The number of rotatable bonds is 3. The van der Waals surface area contributed by atoms with Crippen molar-refractivity contribution < 1.29 is 0 Å². The molecule has 6 nitrogen and oxygen atoms in total.